The number of amides is 1. The van der Waals surface area contributed by atoms with E-state index in [1.54, 1.807) is 4.90 Å². The van der Waals surface area contributed by atoms with Crippen molar-refractivity contribution in [2.75, 3.05) is 25.0 Å². The van der Waals surface area contributed by atoms with Crippen LogP contribution in [0.25, 0.3) is 0 Å². The molecule has 1 N–H and O–H groups in total. The molecule has 0 radical (unpaired) electrons. The third-order valence-electron chi connectivity index (χ3n) is 3.37. The molecule has 1 amide bonds. The SMILES string of the molecule is O=C(c1c(O)cccc1F)N1CCC(OCCBr)CC1. The summed E-state index contributed by atoms with van der Waals surface area (Å²) in [6.45, 7) is 1.67. The molecule has 1 saturated heterocycles. The molecule has 0 atom stereocenters. The van der Waals surface area contributed by atoms with E-state index in [9.17, 15) is 14.3 Å². The first-order valence-electron chi connectivity index (χ1n) is 6.57. The van der Waals surface area contributed by atoms with Gasteiger partial charge in [-0.25, -0.2) is 4.39 Å². The summed E-state index contributed by atoms with van der Waals surface area (Å²) in [7, 11) is 0. The topological polar surface area (TPSA) is 49.8 Å². The van der Waals surface area contributed by atoms with Crippen molar-refractivity contribution in [1.29, 1.82) is 0 Å². The van der Waals surface area contributed by atoms with Gasteiger partial charge in [0.25, 0.3) is 5.91 Å². The van der Waals surface area contributed by atoms with Gasteiger partial charge in [-0.1, -0.05) is 22.0 Å². The molecule has 20 heavy (non-hydrogen) atoms. The number of hydrogen-bond acceptors (Lipinski definition) is 3. The van der Waals surface area contributed by atoms with Gasteiger partial charge in [0.1, 0.15) is 17.1 Å². The highest BCUT2D eigenvalue weighted by atomic mass is 79.9. The maximum Gasteiger partial charge on any atom is 0.260 e. The molecule has 2 rings (SSSR count). The van der Waals surface area contributed by atoms with Crippen LogP contribution in [0, 0.1) is 5.82 Å². The Balaban J connectivity index is 1.98. The fourth-order valence-electron chi connectivity index (χ4n) is 2.32. The van der Waals surface area contributed by atoms with Gasteiger partial charge in [0.15, 0.2) is 0 Å². The lowest BCUT2D eigenvalue weighted by Crippen LogP contribution is -2.41. The van der Waals surface area contributed by atoms with E-state index in [-0.39, 0.29) is 17.4 Å². The molecule has 1 aromatic rings. The second-order valence-electron chi connectivity index (χ2n) is 4.69. The van der Waals surface area contributed by atoms with E-state index in [1.165, 1.54) is 18.2 Å². The number of aromatic hydroxyl groups is 1. The Hall–Kier alpha value is -1.14. The lowest BCUT2D eigenvalue weighted by atomic mass is 10.1. The first kappa shape index (κ1) is 15.3. The molecule has 1 heterocycles. The summed E-state index contributed by atoms with van der Waals surface area (Å²) in [4.78, 5) is 13.8. The van der Waals surface area contributed by atoms with Crippen molar-refractivity contribution in [2.24, 2.45) is 0 Å². The molecule has 0 spiro atoms. The lowest BCUT2D eigenvalue weighted by molar-refractivity contribution is 0.0158. The Labute approximate surface area is 125 Å². The van der Waals surface area contributed by atoms with Gasteiger partial charge >= 0.3 is 0 Å². The van der Waals surface area contributed by atoms with Crippen LogP contribution in [0.2, 0.25) is 0 Å². The second-order valence-corrected chi connectivity index (χ2v) is 5.48. The van der Waals surface area contributed by atoms with Gasteiger partial charge in [-0.3, -0.25) is 4.79 Å². The average Bonchev–Trinajstić information content (AvgIpc) is 2.45. The molecule has 1 aliphatic heterocycles. The van der Waals surface area contributed by atoms with Crippen molar-refractivity contribution < 1.29 is 19.0 Å². The predicted octanol–water partition coefficient (Wildman–Crippen LogP) is 2.55. The Bertz CT molecular complexity index is 455. The highest BCUT2D eigenvalue weighted by Gasteiger charge is 2.27. The number of ether oxygens (including phenoxy) is 1. The minimum absolute atomic E-state index is 0.144. The van der Waals surface area contributed by atoms with Crippen molar-refractivity contribution in [3.63, 3.8) is 0 Å². The standard InChI is InChI=1S/C14H17BrFNO3/c15-6-9-20-10-4-7-17(8-5-10)14(19)13-11(16)2-1-3-12(13)18/h1-3,10,18H,4-9H2. The number of likely N-dealkylation sites (tertiary alicyclic amines) is 1. The fraction of sp³-hybridized carbons (Fsp3) is 0.500. The summed E-state index contributed by atoms with van der Waals surface area (Å²) in [5.41, 5.74) is -0.243. The zero-order valence-electron chi connectivity index (χ0n) is 11.0. The number of nitrogens with zero attached hydrogens (tertiary/aromatic N) is 1. The Morgan fingerprint density at radius 2 is 2.15 bits per heavy atom. The first-order valence-corrected chi connectivity index (χ1v) is 7.70. The number of alkyl halides is 1. The van der Waals surface area contributed by atoms with Crippen LogP contribution in [0.5, 0.6) is 5.75 Å². The number of phenols is 1. The number of phenolic OH excluding ortho intramolecular Hbond substituents is 1. The molecule has 1 aliphatic rings. The number of halogens is 2. The summed E-state index contributed by atoms with van der Waals surface area (Å²) in [5, 5.41) is 10.4. The number of benzene rings is 1. The highest BCUT2D eigenvalue weighted by molar-refractivity contribution is 9.09. The molecule has 0 saturated carbocycles. The Kier molecular flexibility index (Phi) is 5.37. The Morgan fingerprint density at radius 1 is 1.45 bits per heavy atom. The van der Waals surface area contributed by atoms with E-state index in [2.05, 4.69) is 15.9 Å². The van der Waals surface area contributed by atoms with Crippen LogP contribution in [0.3, 0.4) is 0 Å². The lowest BCUT2D eigenvalue weighted by Gasteiger charge is -2.32. The molecule has 0 unspecified atom stereocenters. The van der Waals surface area contributed by atoms with E-state index in [1.807, 2.05) is 0 Å². The molecular weight excluding hydrogens is 329 g/mol. The van der Waals surface area contributed by atoms with Crippen molar-refractivity contribution in [1.82, 2.24) is 4.90 Å². The summed E-state index contributed by atoms with van der Waals surface area (Å²) < 4.78 is 19.3. The number of hydrogen-bond donors (Lipinski definition) is 1. The minimum atomic E-state index is -0.687. The van der Waals surface area contributed by atoms with Gasteiger partial charge in [-0.15, -0.1) is 0 Å². The number of carbonyl (C=O) groups is 1. The molecule has 4 nitrogen and oxygen atoms in total. The van der Waals surface area contributed by atoms with E-state index in [0.29, 0.717) is 19.7 Å². The van der Waals surface area contributed by atoms with Crippen LogP contribution in [0.1, 0.15) is 23.2 Å². The van der Waals surface area contributed by atoms with Crippen molar-refractivity contribution in [2.45, 2.75) is 18.9 Å². The first-order chi connectivity index (χ1) is 9.63. The van der Waals surface area contributed by atoms with Gasteiger partial charge in [0, 0.05) is 18.4 Å². The third kappa shape index (κ3) is 3.49. The largest absolute Gasteiger partial charge is 0.507 e. The second kappa shape index (κ2) is 7.04. The quantitative estimate of drug-likeness (QED) is 0.853. The molecule has 0 aromatic heterocycles. The fourth-order valence-corrected chi connectivity index (χ4v) is 2.51. The van der Waals surface area contributed by atoms with Gasteiger partial charge in [0.2, 0.25) is 0 Å². The summed E-state index contributed by atoms with van der Waals surface area (Å²) in [6.07, 6.45) is 1.60. The molecule has 1 aromatic carbocycles. The van der Waals surface area contributed by atoms with E-state index < -0.39 is 11.7 Å². The van der Waals surface area contributed by atoms with E-state index >= 15 is 0 Å². The minimum Gasteiger partial charge on any atom is -0.507 e. The zero-order valence-corrected chi connectivity index (χ0v) is 12.6. The number of carbonyl (C=O) groups excluding carboxylic acids is 1. The van der Waals surface area contributed by atoms with Gasteiger partial charge < -0.3 is 14.7 Å². The molecule has 1 fully saturated rings. The van der Waals surface area contributed by atoms with Gasteiger partial charge in [0.05, 0.1) is 12.7 Å². The van der Waals surface area contributed by atoms with Crippen LogP contribution in [0.4, 0.5) is 4.39 Å². The van der Waals surface area contributed by atoms with Crippen molar-refractivity contribution in [3.05, 3.63) is 29.6 Å². The van der Waals surface area contributed by atoms with E-state index in [0.717, 1.165) is 18.2 Å². The zero-order chi connectivity index (χ0) is 14.5. The van der Waals surface area contributed by atoms with Crippen LogP contribution in [0.15, 0.2) is 18.2 Å². The molecule has 110 valence electrons. The summed E-state index contributed by atoms with van der Waals surface area (Å²) >= 11 is 3.30. The van der Waals surface area contributed by atoms with Crippen molar-refractivity contribution >= 4 is 21.8 Å². The van der Waals surface area contributed by atoms with Crippen molar-refractivity contribution in [3.8, 4) is 5.75 Å². The monoisotopic (exact) mass is 345 g/mol. The summed E-state index contributed by atoms with van der Waals surface area (Å²) in [6, 6.07) is 3.88. The number of piperidine rings is 1. The van der Waals surface area contributed by atoms with E-state index in [4.69, 9.17) is 4.74 Å². The highest BCUT2D eigenvalue weighted by Crippen LogP contribution is 2.24. The van der Waals surface area contributed by atoms with Crippen LogP contribution >= 0.6 is 15.9 Å². The van der Waals surface area contributed by atoms with Gasteiger partial charge in [-0.05, 0) is 25.0 Å². The predicted molar refractivity (Wildman–Crippen MR) is 76.7 cm³/mol. The van der Waals surface area contributed by atoms with Crippen LogP contribution < -0.4 is 0 Å². The third-order valence-corrected chi connectivity index (χ3v) is 3.69. The molecule has 0 aliphatic carbocycles. The average molecular weight is 346 g/mol. The maximum atomic E-state index is 13.7. The summed E-state index contributed by atoms with van der Waals surface area (Å²) in [5.74, 6) is -1.46. The van der Waals surface area contributed by atoms with Crippen LogP contribution in [-0.4, -0.2) is 47.0 Å². The molecule has 6 heteroatoms. The normalized spacial score (nSPS) is 16.4. The van der Waals surface area contributed by atoms with Crippen LogP contribution in [-0.2, 0) is 4.74 Å². The number of rotatable bonds is 4. The molecule has 0 bridgehead atoms. The maximum absolute atomic E-state index is 13.7. The van der Waals surface area contributed by atoms with Gasteiger partial charge in [-0.2, -0.15) is 0 Å². The molecular formula is C14H17BrFNO3. The Morgan fingerprint density at radius 3 is 2.75 bits per heavy atom. The smallest absolute Gasteiger partial charge is 0.260 e.